The van der Waals surface area contributed by atoms with Crippen molar-refractivity contribution >= 4 is 29.1 Å². The van der Waals surface area contributed by atoms with Gasteiger partial charge >= 0.3 is 5.97 Å². The number of unbranched alkanes of at least 4 members (excludes halogenated alkanes) is 1. The Kier molecular flexibility index (Phi) is 9.57. The third-order valence-corrected chi connectivity index (χ3v) is 10.3. The molecular weight excluding hydrogens is 441 g/mol. The molecule has 4 rings (SSSR count). The number of hydrogen-bond donors (Lipinski definition) is 3. The first kappa shape index (κ1) is 25.4. The van der Waals surface area contributed by atoms with Gasteiger partial charge in [0.1, 0.15) is 29.2 Å². The molecule has 0 saturated heterocycles. The predicted molar refractivity (Wildman–Crippen MR) is 143 cm³/mol. The molecule has 0 aliphatic carbocycles. The first-order chi connectivity index (χ1) is 16.6. The summed E-state index contributed by atoms with van der Waals surface area (Å²) in [7, 11) is -1.57. The molecule has 6 heteroatoms. The Bertz CT molecular complexity index is 1010. The number of nitrogens with one attached hydrogen (secondary N) is 1. The second-order valence-corrected chi connectivity index (χ2v) is 11.7. The lowest BCUT2D eigenvalue weighted by Crippen LogP contribution is -2.33. The van der Waals surface area contributed by atoms with Crippen LogP contribution < -0.4 is 21.6 Å². The zero-order chi connectivity index (χ0) is 24.2. The fourth-order valence-corrected chi connectivity index (χ4v) is 8.50. The van der Waals surface area contributed by atoms with Gasteiger partial charge in [0.25, 0.3) is 0 Å². The van der Waals surface area contributed by atoms with Crippen molar-refractivity contribution in [2.75, 3.05) is 6.16 Å². The number of rotatable bonds is 9. The van der Waals surface area contributed by atoms with Gasteiger partial charge in [0.2, 0.25) is 0 Å². The van der Waals surface area contributed by atoms with Crippen LogP contribution in [0.2, 0.25) is 0 Å². The molecule has 4 aromatic rings. The molecule has 0 aliphatic rings. The van der Waals surface area contributed by atoms with Crippen molar-refractivity contribution in [2.45, 2.75) is 32.2 Å². The monoisotopic (exact) mass is 474 g/mol. The van der Waals surface area contributed by atoms with E-state index in [1.807, 2.05) is 0 Å². The summed E-state index contributed by atoms with van der Waals surface area (Å²) in [4.78, 5) is 16.8. The number of aromatic nitrogens is 2. The van der Waals surface area contributed by atoms with E-state index in [2.05, 4.69) is 108 Å². The Balaban J connectivity index is 0.000000248. The molecule has 1 unspecified atom stereocenters. The first-order valence-corrected chi connectivity index (χ1v) is 13.6. The van der Waals surface area contributed by atoms with Crippen LogP contribution in [-0.4, -0.2) is 33.2 Å². The molecule has 0 radical (unpaired) electrons. The van der Waals surface area contributed by atoms with Crippen LogP contribution in [0.15, 0.2) is 104 Å². The van der Waals surface area contributed by atoms with E-state index in [4.69, 9.17) is 10.8 Å². The zero-order valence-corrected chi connectivity index (χ0v) is 20.4. The molecule has 0 spiro atoms. The minimum absolute atomic E-state index is 0.287. The molecule has 5 nitrogen and oxygen atoms in total. The van der Waals surface area contributed by atoms with E-state index in [0.717, 1.165) is 5.69 Å². The smallest absolute Gasteiger partial charge is 0.320 e. The molecule has 3 aromatic carbocycles. The Morgan fingerprint density at radius 3 is 1.74 bits per heavy atom. The van der Waals surface area contributed by atoms with Crippen LogP contribution >= 0.6 is 7.26 Å². The van der Waals surface area contributed by atoms with E-state index >= 15 is 0 Å². The highest BCUT2D eigenvalue weighted by atomic mass is 31.2. The average Bonchev–Trinajstić information content (AvgIpc) is 3.40. The third-order valence-electron chi connectivity index (χ3n) is 5.75. The summed E-state index contributed by atoms with van der Waals surface area (Å²) in [6.45, 7) is 2.29. The highest BCUT2D eigenvalue weighted by Gasteiger charge is 2.44. The number of aliphatic carboxylic acids is 1. The van der Waals surface area contributed by atoms with Crippen LogP contribution in [0.5, 0.6) is 0 Å². The molecule has 0 amide bonds. The van der Waals surface area contributed by atoms with Crippen LogP contribution in [0.3, 0.4) is 0 Å². The van der Waals surface area contributed by atoms with Gasteiger partial charge in [0, 0.05) is 18.3 Å². The molecule has 0 bridgehead atoms. The lowest BCUT2D eigenvalue weighted by atomic mass is 10.2. The lowest BCUT2D eigenvalue weighted by Gasteiger charge is -2.27. The topological polar surface area (TPSA) is 92.0 Å². The number of carbonyl (C=O) groups is 1. The number of carboxylic acid groups (broad SMARTS) is 1. The van der Waals surface area contributed by atoms with Gasteiger partial charge in [0.05, 0.1) is 12.5 Å². The van der Waals surface area contributed by atoms with Gasteiger partial charge in [-0.1, -0.05) is 67.9 Å². The molecule has 176 valence electrons. The standard InChI is InChI=1S/C22H24P.C6H9N3O2/c1-2-3-19-23(20-13-7-4-8-14-20,21-15-9-5-10-16-21)22-17-11-6-12-18-22;7-5(6(10)11)1-4-2-8-3-9-4/h4-18H,2-3,19H2,1H3;2-3,5H,1,7H2,(H,8,9)(H,10,11)/q+1;. The fourth-order valence-electron chi connectivity index (χ4n) is 4.00. The summed E-state index contributed by atoms with van der Waals surface area (Å²) in [6, 6.07) is 32.5. The van der Waals surface area contributed by atoms with Gasteiger partial charge in [-0.3, -0.25) is 4.79 Å². The predicted octanol–water partition coefficient (Wildman–Crippen LogP) is 4.14. The molecule has 1 aromatic heterocycles. The summed E-state index contributed by atoms with van der Waals surface area (Å²) in [5.41, 5.74) is 6.00. The van der Waals surface area contributed by atoms with Crippen LogP contribution in [-0.2, 0) is 11.2 Å². The van der Waals surface area contributed by atoms with Crippen LogP contribution in [0, 0.1) is 0 Å². The fraction of sp³-hybridized carbons (Fsp3) is 0.214. The Morgan fingerprint density at radius 1 is 0.912 bits per heavy atom. The van der Waals surface area contributed by atoms with Crippen LogP contribution in [0.25, 0.3) is 0 Å². The van der Waals surface area contributed by atoms with Crippen LogP contribution in [0.4, 0.5) is 0 Å². The molecule has 0 fully saturated rings. The van der Waals surface area contributed by atoms with E-state index in [1.165, 1.54) is 41.2 Å². The number of hydrogen-bond acceptors (Lipinski definition) is 3. The van der Waals surface area contributed by atoms with Crippen molar-refractivity contribution in [3.63, 3.8) is 0 Å². The van der Waals surface area contributed by atoms with Crippen molar-refractivity contribution in [3.8, 4) is 0 Å². The largest absolute Gasteiger partial charge is 0.480 e. The van der Waals surface area contributed by atoms with E-state index in [0.29, 0.717) is 0 Å². The maximum Gasteiger partial charge on any atom is 0.320 e. The van der Waals surface area contributed by atoms with Crippen molar-refractivity contribution in [3.05, 3.63) is 109 Å². The average molecular weight is 475 g/mol. The number of nitrogens with zero attached hydrogens (tertiary/aromatic N) is 1. The summed E-state index contributed by atoms with van der Waals surface area (Å²) < 4.78 is 0. The van der Waals surface area contributed by atoms with Crippen molar-refractivity contribution in [1.29, 1.82) is 0 Å². The quantitative estimate of drug-likeness (QED) is 0.318. The van der Waals surface area contributed by atoms with Gasteiger partial charge in [-0.25, -0.2) is 4.98 Å². The molecule has 4 N–H and O–H groups in total. The Labute approximate surface area is 202 Å². The third kappa shape index (κ3) is 6.40. The molecule has 1 atom stereocenters. The van der Waals surface area contributed by atoms with Gasteiger partial charge in [0.15, 0.2) is 0 Å². The number of carboxylic acids is 1. The summed E-state index contributed by atoms with van der Waals surface area (Å²) >= 11 is 0. The van der Waals surface area contributed by atoms with Crippen molar-refractivity contribution < 1.29 is 9.90 Å². The van der Waals surface area contributed by atoms with E-state index in [9.17, 15) is 4.79 Å². The van der Waals surface area contributed by atoms with Crippen LogP contribution in [0.1, 0.15) is 25.5 Å². The zero-order valence-electron chi connectivity index (χ0n) is 19.5. The number of H-pyrrole nitrogens is 1. The van der Waals surface area contributed by atoms with Gasteiger partial charge < -0.3 is 15.8 Å². The minimum atomic E-state index is -1.57. The van der Waals surface area contributed by atoms with Gasteiger partial charge in [-0.05, 0) is 42.8 Å². The summed E-state index contributed by atoms with van der Waals surface area (Å²) in [6.07, 6.45) is 7.06. The second kappa shape index (κ2) is 12.8. The number of aromatic amines is 1. The highest BCUT2D eigenvalue weighted by molar-refractivity contribution is 7.95. The maximum absolute atomic E-state index is 10.3. The normalized spacial score (nSPS) is 11.8. The summed E-state index contributed by atoms with van der Waals surface area (Å²) in [5.74, 6) is -1.00. The molecule has 1 heterocycles. The number of benzene rings is 3. The maximum atomic E-state index is 10.3. The summed E-state index contributed by atoms with van der Waals surface area (Å²) in [5, 5.41) is 12.9. The van der Waals surface area contributed by atoms with E-state index in [1.54, 1.807) is 6.20 Å². The van der Waals surface area contributed by atoms with Gasteiger partial charge in [-0.2, -0.15) is 0 Å². The molecule has 34 heavy (non-hydrogen) atoms. The molecular formula is C28H33N3O2P+. The Morgan fingerprint density at radius 2 is 1.38 bits per heavy atom. The van der Waals surface area contributed by atoms with Gasteiger partial charge in [-0.15, -0.1) is 0 Å². The number of nitrogens with two attached hydrogens (primary N) is 1. The SMILES string of the molecule is CCCC[P+](c1ccccc1)(c1ccccc1)c1ccccc1.NC(Cc1cnc[nH]1)C(=O)O. The van der Waals surface area contributed by atoms with Crippen molar-refractivity contribution in [1.82, 2.24) is 9.97 Å². The lowest BCUT2D eigenvalue weighted by molar-refractivity contribution is -0.138. The number of imidazole rings is 1. The minimum Gasteiger partial charge on any atom is -0.480 e. The Hall–Kier alpha value is -3.27. The molecule has 0 saturated carbocycles. The van der Waals surface area contributed by atoms with Crippen molar-refractivity contribution in [2.24, 2.45) is 5.73 Å². The second-order valence-electron chi connectivity index (χ2n) is 8.12. The first-order valence-electron chi connectivity index (χ1n) is 11.6. The highest BCUT2D eigenvalue weighted by Crippen LogP contribution is 2.55. The van der Waals surface area contributed by atoms with E-state index < -0.39 is 19.3 Å². The van der Waals surface area contributed by atoms with E-state index in [-0.39, 0.29) is 6.42 Å². The molecule has 0 aliphatic heterocycles.